The molecule has 2 saturated heterocycles. The van der Waals surface area contributed by atoms with Crippen LogP contribution < -0.4 is 16.0 Å². The third kappa shape index (κ3) is 20.1. The number of ether oxygens (including phenoxy) is 2. The lowest BCUT2D eigenvalue weighted by atomic mass is 10.0. The minimum absolute atomic E-state index is 0.0101. The number of fused-ring (bicyclic) bond motifs is 2. The van der Waals surface area contributed by atoms with Gasteiger partial charge in [0.05, 0.1) is 40.6 Å². The number of hydrogen-bond acceptors (Lipinski definition) is 10. The fraction of sp³-hybridized carbons (Fsp3) is 0.426. The molecule has 0 bridgehead atoms. The fourth-order valence-corrected chi connectivity index (χ4v) is 8.63. The van der Waals surface area contributed by atoms with E-state index in [0.29, 0.717) is 34.6 Å². The third-order valence-corrected chi connectivity index (χ3v) is 12.0. The number of carboxylic acid groups (broad SMARTS) is 2. The van der Waals surface area contributed by atoms with Crippen LogP contribution in [0, 0.1) is 11.6 Å². The van der Waals surface area contributed by atoms with Crippen molar-refractivity contribution < 1.29 is 65.6 Å². The van der Waals surface area contributed by atoms with Crippen molar-refractivity contribution in [3.05, 3.63) is 129 Å². The molecule has 24 heteroatoms. The second kappa shape index (κ2) is 27.5. The van der Waals surface area contributed by atoms with Gasteiger partial charge in [-0.05, 0) is 146 Å². The summed E-state index contributed by atoms with van der Waals surface area (Å²) in [6, 6.07) is 22.4. The summed E-state index contributed by atoms with van der Waals surface area (Å²) < 4.78 is 70.2. The smallest absolute Gasteiger partial charge is 0.481 e. The van der Waals surface area contributed by atoms with Crippen LogP contribution in [0.15, 0.2) is 84.9 Å². The highest BCUT2D eigenvalue weighted by molar-refractivity contribution is 6.31. The van der Waals surface area contributed by atoms with E-state index < -0.39 is 59.4 Å². The summed E-state index contributed by atoms with van der Waals surface area (Å²) in [5.41, 5.74) is 3.00. The summed E-state index contributed by atoms with van der Waals surface area (Å²) in [6.07, 6.45) is -2.50. The fourth-order valence-electron chi connectivity index (χ4n) is 8.29. The predicted octanol–water partition coefficient (Wildman–Crippen LogP) is 11.6. The minimum atomic E-state index is -5.08. The van der Waals surface area contributed by atoms with Crippen molar-refractivity contribution in [2.75, 3.05) is 13.1 Å². The summed E-state index contributed by atoms with van der Waals surface area (Å²) in [6.45, 7) is 12.1. The maximum Gasteiger partial charge on any atom is 0.490 e. The van der Waals surface area contributed by atoms with Gasteiger partial charge < -0.3 is 50.5 Å². The van der Waals surface area contributed by atoms with Gasteiger partial charge in [0.25, 0.3) is 0 Å². The number of aromatic amines is 2. The Morgan fingerprint density at radius 2 is 1.15 bits per heavy atom. The first kappa shape index (κ1) is 61.8. The molecule has 2 aliphatic rings. The highest BCUT2D eigenvalue weighted by Gasteiger charge is 2.38. The van der Waals surface area contributed by atoms with Crippen LogP contribution in [0.1, 0.15) is 115 Å². The monoisotopic (exact) mass is 1130 g/mol. The second-order valence-electron chi connectivity index (χ2n) is 20.3. The lowest BCUT2D eigenvalue weighted by Crippen LogP contribution is -2.44. The largest absolute Gasteiger partial charge is 0.490 e. The number of nitrogens with zero attached hydrogens (tertiary/aromatic N) is 3. The van der Waals surface area contributed by atoms with Crippen LogP contribution in [0.5, 0.6) is 0 Å². The summed E-state index contributed by atoms with van der Waals surface area (Å²) in [7, 11) is 0. The number of carbonyl (C=O) groups excluding carboxylic acids is 3. The number of likely N-dealkylation sites (tertiary alicyclic amines) is 1. The van der Waals surface area contributed by atoms with Gasteiger partial charge in [-0.15, -0.1) is 0 Å². The molecule has 4 heterocycles. The van der Waals surface area contributed by atoms with E-state index >= 15 is 0 Å². The first-order valence-electron chi connectivity index (χ1n) is 24.8. The molecule has 2 aliphatic heterocycles. The number of benzene rings is 4. The number of hydrogen-bond donors (Lipinski definition) is 7. The van der Waals surface area contributed by atoms with Crippen LogP contribution in [0.2, 0.25) is 10.0 Å². The number of amides is 3. The lowest BCUT2D eigenvalue weighted by molar-refractivity contribution is -0.192. The summed E-state index contributed by atoms with van der Waals surface area (Å²) in [5, 5.41) is 26.0. The summed E-state index contributed by atoms with van der Waals surface area (Å²) >= 11 is 12.0. The first-order chi connectivity index (χ1) is 36.5. The normalized spacial score (nSPS) is 16.1. The molecule has 422 valence electrons. The number of aromatic nitrogens is 4. The van der Waals surface area contributed by atoms with Gasteiger partial charge in [0.1, 0.15) is 34.5 Å². The number of aliphatic carboxylic acids is 2. The van der Waals surface area contributed by atoms with Gasteiger partial charge >= 0.3 is 30.3 Å². The quantitative estimate of drug-likeness (QED) is 0.0566. The Kier molecular flexibility index (Phi) is 21.8. The van der Waals surface area contributed by atoms with Gasteiger partial charge in [-0.25, -0.2) is 33.1 Å². The van der Waals surface area contributed by atoms with Crippen LogP contribution in [-0.4, -0.2) is 108 Å². The van der Waals surface area contributed by atoms with Crippen molar-refractivity contribution in [3.8, 4) is 0 Å². The van der Waals surface area contributed by atoms with Crippen molar-refractivity contribution in [2.24, 2.45) is 0 Å². The molecular weight excluding hydrogens is 1070 g/mol. The van der Waals surface area contributed by atoms with Crippen molar-refractivity contribution in [3.63, 3.8) is 0 Å². The molecule has 7 N–H and O–H groups in total. The molecule has 2 fully saturated rings. The average molecular weight is 1130 g/mol. The van der Waals surface area contributed by atoms with Crippen molar-refractivity contribution in [2.45, 2.75) is 134 Å². The Hall–Kier alpha value is -7.04. The van der Waals surface area contributed by atoms with Gasteiger partial charge in [0.15, 0.2) is 0 Å². The third-order valence-electron chi connectivity index (χ3n) is 11.6. The molecule has 17 nitrogen and oxygen atoms in total. The molecule has 3 amide bonds. The molecule has 0 spiro atoms. The van der Waals surface area contributed by atoms with E-state index in [1.165, 1.54) is 18.6 Å². The Morgan fingerprint density at radius 1 is 0.692 bits per heavy atom. The van der Waals surface area contributed by atoms with Gasteiger partial charge in [0.2, 0.25) is 5.91 Å². The molecule has 0 radical (unpaired) electrons. The number of rotatable bonds is 12. The standard InChI is InChI=1S/C26H30ClFN4O3.C15H20FNO4.C11H12ClN3.C2HF3O2/c1-26(2,3)35-25(34)29-18(13-16-7-4-5-8-19(16)28)15-23(33)32-12-6-9-22(32)24-30-20-11-10-17(27)14-21(20)31-24;1-15(2,3)21-14(20)17-11(9-13(18)19)8-10-6-4-5-7-12(10)16;12-7-3-4-8-10(6-7)15-11(14-8)9-2-1-5-13-9;3-2(4,5)1(6)7/h4-5,7-8,10-11,14,18,22H,6,9,12-13,15H2,1-3H3,(H,29,34)(H,30,31);4-7,11H,8-9H2,1-3H3,(H,17,20)(H,18,19);3-4,6,9,13H,1-2,5H2,(H,14,15);(H,6,7)/t18-,22+;11-;9-;/m110./s1. The number of carboxylic acids is 2. The van der Waals surface area contributed by atoms with E-state index in [1.54, 1.807) is 88.9 Å². The minimum Gasteiger partial charge on any atom is -0.481 e. The van der Waals surface area contributed by atoms with Crippen molar-refractivity contribution in [1.82, 2.24) is 40.8 Å². The Labute approximate surface area is 457 Å². The van der Waals surface area contributed by atoms with E-state index in [1.807, 2.05) is 30.3 Å². The van der Waals surface area contributed by atoms with Crippen LogP contribution in [0.25, 0.3) is 22.1 Å². The van der Waals surface area contributed by atoms with Crippen LogP contribution in [-0.2, 0) is 36.7 Å². The molecule has 0 aliphatic carbocycles. The molecule has 2 aromatic heterocycles. The molecule has 4 atom stereocenters. The molecular formula is C54H63Cl2F5N8O9. The van der Waals surface area contributed by atoms with Crippen molar-refractivity contribution in [1.29, 1.82) is 0 Å². The maximum atomic E-state index is 14.3. The summed E-state index contributed by atoms with van der Waals surface area (Å²) in [4.78, 5) is 75.0. The molecule has 8 rings (SSSR count). The highest BCUT2D eigenvalue weighted by atomic mass is 35.5. The topological polar surface area (TPSA) is 241 Å². The SMILES string of the molecule is CC(C)(C)OC(=O)N[C@@H](CC(=O)N1CCC[C@H]1c1nc2ccc(Cl)cc2[nH]1)Cc1ccccc1F.CC(C)(C)OC(=O)N[C@@H](CC(=O)O)Cc1ccccc1F.Clc1ccc2nc([C@@H]3CCCN3)[nH]c2c1.O=C(O)C(F)(F)F. The van der Waals surface area contributed by atoms with E-state index in [0.717, 1.165) is 58.7 Å². The van der Waals surface area contributed by atoms with Gasteiger partial charge in [-0.1, -0.05) is 59.6 Å². The zero-order valence-electron chi connectivity index (χ0n) is 43.7. The number of imidazole rings is 2. The molecule has 78 heavy (non-hydrogen) atoms. The lowest BCUT2D eigenvalue weighted by Gasteiger charge is -2.27. The second-order valence-corrected chi connectivity index (χ2v) is 21.2. The molecule has 6 aromatic rings. The summed E-state index contributed by atoms with van der Waals surface area (Å²) in [5.74, 6) is -3.04. The van der Waals surface area contributed by atoms with E-state index in [9.17, 15) is 41.1 Å². The molecule has 4 aromatic carbocycles. The van der Waals surface area contributed by atoms with Gasteiger partial charge in [-0.3, -0.25) is 9.59 Å². The van der Waals surface area contributed by atoms with E-state index in [-0.39, 0.29) is 43.4 Å². The Morgan fingerprint density at radius 3 is 1.59 bits per heavy atom. The number of alkyl halides is 3. The van der Waals surface area contributed by atoms with E-state index in [4.69, 9.17) is 47.7 Å². The van der Waals surface area contributed by atoms with E-state index in [2.05, 4.69) is 35.9 Å². The first-order valence-corrected chi connectivity index (χ1v) is 25.6. The molecule has 0 saturated carbocycles. The van der Waals surface area contributed by atoms with Crippen molar-refractivity contribution >= 4 is 75.3 Å². The number of nitrogens with one attached hydrogen (secondary N) is 5. The Balaban J connectivity index is 0.000000220. The predicted molar refractivity (Wildman–Crippen MR) is 283 cm³/mol. The zero-order chi connectivity index (χ0) is 57.5. The maximum absolute atomic E-state index is 14.3. The van der Waals surface area contributed by atoms with Crippen LogP contribution >= 0.6 is 23.2 Å². The number of alkyl carbamates (subject to hydrolysis) is 2. The Bertz CT molecular complexity index is 3010. The molecule has 0 unspecified atom stereocenters. The average Bonchev–Trinajstić information content (AvgIpc) is 4.18. The zero-order valence-corrected chi connectivity index (χ0v) is 45.2. The number of carbonyl (C=O) groups is 5. The van der Waals surface area contributed by atoms with Gasteiger partial charge in [-0.2, -0.15) is 13.2 Å². The van der Waals surface area contributed by atoms with Crippen LogP contribution in [0.4, 0.5) is 31.5 Å². The van der Waals surface area contributed by atoms with Crippen LogP contribution in [0.3, 0.4) is 0 Å². The highest BCUT2D eigenvalue weighted by Crippen LogP contribution is 2.33. The number of halogens is 7. The van der Waals surface area contributed by atoms with Gasteiger partial charge in [0, 0.05) is 35.1 Å². The number of H-pyrrole nitrogens is 2.